The molecule has 2 aromatic carbocycles. The number of carbonyl (C=O) groups excluding carboxylic acids is 1. The molecule has 0 aliphatic heterocycles. The molecule has 0 heterocycles. The molecule has 2 unspecified atom stereocenters. The average Bonchev–Trinajstić information content (AvgIpc) is 2.71. The minimum absolute atomic E-state index is 0.158. The molecule has 31 heavy (non-hydrogen) atoms. The molecule has 170 valence electrons. The molecular formula is C26H37NO4. The number of hydrogen-bond donors (Lipinski definition) is 1. The fourth-order valence-electron chi connectivity index (χ4n) is 3.38. The van der Waals surface area contributed by atoms with Crippen LogP contribution in [0, 0.1) is 10.8 Å². The quantitative estimate of drug-likeness (QED) is 0.255. The van der Waals surface area contributed by atoms with Gasteiger partial charge in [-0.25, -0.2) is 4.79 Å². The minimum atomic E-state index is -0.746. The number of amides is 1. The van der Waals surface area contributed by atoms with Crippen LogP contribution in [0.5, 0.6) is 5.75 Å². The fourth-order valence-corrected chi connectivity index (χ4v) is 3.38. The Morgan fingerprint density at radius 2 is 1.58 bits per heavy atom. The van der Waals surface area contributed by atoms with E-state index in [4.69, 9.17) is 14.5 Å². The maximum Gasteiger partial charge on any atom is 0.443 e. The van der Waals surface area contributed by atoms with Gasteiger partial charge in [0.2, 0.25) is 6.29 Å². The number of hydrogen-bond acceptors (Lipinski definition) is 4. The van der Waals surface area contributed by atoms with Gasteiger partial charge in [0.25, 0.3) is 0 Å². The topological polar surface area (TPSA) is 56.8 Å². The van der Waals surface area contributed by atoms with E-state index in [-0.39, 0.29) is 10.8 Å². The van der Waals surface area contributed by atoms with E-state index >= 15 is 0 Å². The normalized spacial score (nSPS) is 13.9. The van der Waals surface area contributed by atoms with Crippen molar-refractivity contribution in [1.29, 1.82) is 0 Å². The summed E-state index contributed by atoms with van der Waals surface area (Å²) < 4.78 is 5.73. The van der Waals surface area contributed by atoms with Gasteiger partial charge in [-0.3, -0.25) is 10.2 Å². The van der Waals surface area contributed by atoms with Crippen LogP contribution in [0.1, 0.15) is 72.8 Å². The number of anilines is 1. The van der Waals surface area contributed by atoms with E-state index < -0.39 is 12.4 Å². The molecule has 5 nitrogen and oxygen atoms in total. The summed E-state index contributed by atoms with van der Waals surface area (Å²) in [5.74, 6) is 1.10. The lowest BCUT2D eigenvalue weighted by atomic mass is 9.68. The van der Waals surface area contributed by atoms with Crippen LogP contribution in [0.3, 0.4) is 0 Å². The van der Waals surface area contributed by atoms with Crippen molar-refractivity contribution >= 4 is 11.8 Å². The molecular weight excluding hydrogens is 390 g/mol. The monoisotopic (exact) mass is 427 g/mol. The Kier molecular flexibility index (Phi) is 8.52. The summed E-state index contributed by atoms with van der Waals surface area (Å²) in [7, 11) is 0. The molecule has 5 heteroatoms. The lowest BCUT2D eigenvalue weighted by Gasteiger charge is -2.37. The minimum Gasteiger partial charge on any atom is -0.461 e. The van der Waals surface area contributed by atoms with Crippen molar-refractivity contribution in [2.75, 3.05) is 5.32 Å². The Labute approximate surface area is 187 Å². The van der Waals surface area contributed by atoms with Gasteiger partial charge in [-0.2, -0.15) is 0 Å². The maximum absolute atomic E-state index is 11.8. The zero-order valence-corrected chi connectivity index (χ0v) is 19.9. The second-order valence-corrected chi connectivity index (χ2v) is 9.85. The molecule has 0 fully saturated rings. The number of nitrogens with one attached hydrogen (secondary N) is 1. The van der Waals surface area contributed by atoms with Gasteiger partial charge in [-0.15, -0.1) is 4.89 Å². The zero-order valence-electron chi connectivity index (χ0n) is 19.9. The molecule has 1 N–H and O–H groups in total. The van der Waals surface area contributed by atoms with Crippen LogP contribution in [0.25, 0.3) is 0 Å². The lowest BCUT2D eigenvalue weighted by molar-refractivity contribution is -0.310. The fraction of sp³-hybridized carbons (Fsp3) is 0.500. The molecule has 0 radical (unpaired) electrons. The van der Waals surface area contributed by atoms with Crippen molar-refractivity contribution in [2.45, 2.75) is 73.5 Å². The van der Waals surface area contributed by atoms with E-state index in [1.807, 2.05) is 30.3 Å². The number of ether oxygens (including phenoxy) is 1. The van der Waals surface area contributed by atoms with Crippen LogP contribution in [0.4, 0.5) is 10.5 Å². The Morgan fingerprint density at radius 3 is 2.13 bits per heavy atom. The smallest absolute Gasteiger partial charge is 0.443 e. The van der Waals surface area contributed by atoms with Crippen LogP contribution < -0.4 is 10.1 Å². The molecule has 0 saturated heterocycles. The number of rotatable bonds is 9. The second kappa shape index (κ2) is 10.7. The van der Waals surface area contributed by atoms with Crippen molar-refractivity contribution in [1.82, 2.24) is 0 Å². The summed E-state index contributed by atoms with van der Waals surface area (Å²) in [6, 6.07) is 17.1. The average molecular weight is 428 g/mol. The summed E-state index contributed by atoms with van der Waals surface area (Å²) in [6.45, 7) is 15.5. The number of benzene rings is 2. The molecule has 2 aromatic rings. The van der Waals surface area contributed by atoms with Crippen LogP contribution in [0.2, 0.25) is 0 Å². The van der Waals surface area contributed by atoms with Gasteiger partial charge in [0.05, 0.1) is 0 Å². The summed E-state index contributed by atoms with van der Waals surface area (Å²) >= 11 is 0. The number of para-hydroxylation sites is 1. The van der Waals surface area contributed by atoms with Gasteiger partial charge < -0.3 is 4.74 Å². The Hall–Kier alpha value is -2.53. The van der Waals surface area contributed by atoms with Gasteiger partial charge >= 0.3 is 6.09 Å². The van der Waals surface area contributed by atoms with Gasteiger partial charge in [0.15, 0.2) is 0 Å². The van der Waals surface area contributed by atoms with Crippen molar-refractivity contribution in [2.24, 2.45) is 10.8 Å². The summed E-state index contributed by atoms with van der Waals surface area (Å²) in [5.41, 5.74) is 2.37. The first-order valence-electron chi connectivity index (χ1n) is 11.0. The van der Waals surface area contributed by atoms with Gasteiger partial charge in [-0.1, -0.05) is 78.3 Å². The summed E-state index contributed by atoms with van der Waals surface area (Å²) in [4.78, 5) is 21.6. The van der Waals surface area contributed by atoms with Gasteiger partial charge in [-0.05, 0) is 53.0 Å². The van der Waals surface area contributed by atoms with E-state index in [1.165, 1.54) is 5.56 Å². The molecule has 2 rings (SSSR count). The summed E-state index contributed by atoms with van der Waals surface area (Å²) in [6.07, 6.45) is 0.818. The third-order valence-corrected chi connectivity index (χ3v) is 5.62. The van der Waals surface area contributed by atoms with Gasteiger partial charge in [0.1, 0.15) is 5.75 Å². The molecule has 0 bridgehead atoms. The van der Waals surface area contributed by atoms with Crippen LogP contribution in [-0.2, 0) is 9.78 Å². The summed E-state index contributed by atoms with van der Waals surface area (Å²) in [5, 5.41) is 2.58. The van der Waals surface area contributed by atoms with Crippen molar-refractivity contribution < 1.29 is 19.3 Å². The standard InChI is InChI=1S/C26H37NO4/c1-8-26(6,7)18-23(25(3,4)5)20-14-16-22(17-15-20)29-19(2)30-31-24(28)27-21-12-10-9-11-13-21/h9-17,19,23H,8,18H2,1-7H3,(H,27,28). The Morgan fingerprint density at radius 1 is 0.968 bits per heavy atom. The maximum atomic E-state index is 11.8. The van der Waals surface area contributed by atoms with Crippen molar-refractivity contribution in [3.05, 3.63) is 60.2 Å². The van der Waals surface area contributed by atoms with Crippen LogP contribution >= 0.6 is 0 Å². The first kappa shape index (κ1) is 24.7. The van der Waals surface area contributed by atoms with Gasteiger partial charge in [0, 0.05) is 12.6 Å². The first-order chi connectivity index (χ1) is 14.5. The Balaban J connectivity index is 1.92. The highest BCUT2D eigenvalue weighted by molar-refractivity contribution is 5.83. The Bertz CT molecular complexity index is 810. The van der Waals surface area contributed by atoms with Crippen LogP contribution in [-0.4, -0.2) is 12.4 Å². The third-order valence-electron chi connectivity index (χ3n) is 5.62. The SMILES string of the molecule is CCC(C)(C)CC(c1ccc(OC(C)OOC(=O)Nc2ccccc2)cc1)C(C)(C)C. The number of carbonyl (C=O) groups is 1. The highest BCUT2D eigenvalue weighted by Gasteiger charge is 2.31. The first-order valence-corrected chi connectivity index (χ1v) is 11.0. The van der Waals surface area contributed by atoms with E-state index in [0.29, 0.717) is 17.4 Å². The van der Waals surface area contributed by atoms with Crippen LogP contribution in [0.15, 0.2) is 54.6 Å². The molecule has 0 saturated carbocycles. The largest absolute Gasteiger partial charge is 0.461 e. The lowest BCUT2D eigenvalue weighted by Crippen LogP contribution is -2.25. The highest BCUT2D eigenvalue weighted by Crippen LogP contribution is 2.44. The third kappa shape index (κ3) is 8.25. The second-order valence-electron chi connectivity index (χ2n) is 9.85. The molecule has 0 spiro atoms. The highest BCUT2D eigenvalue weighted by atomic mass is 17.2. The van der Waals surface area contributed by atoms with E-state index in [2.05, 4.69) is 59.0 Å². The zero-order chi connectivity index (χ0) is 23.1. The predicted octanol–water partition coefficient (Wildman–Crippen LogP) is 7.55. The van der Waals surface area contributed by atoms with E-state index in [9.17, 15) is 4.79 Å². The molecule has 0 aliphatic carbocycles. The molecule has 0 aromatic heterocycles. The van der Waals surface area contributed by atoms with E-state index in [1.54, 1.807) is 19.1 Å². The molecule has 0 aliphatic rings. The molecule has 1 amide bonds. The molecule has 2 atom stereocenters. The van der Waals surface area contributed by atoms with E-state index in [0.717, 1.165) is 12.8 Å². The van der Waals surface area contributed by atoms with Crippen molar-refractivity contribution in [3.63, 3.8) is 0 Å². The van der Waals surface area contributed by atoms with Crippen molar-refractivity contribution in [3.8, 4) is 5.75 Å². The predicted molar refractivity (Wildman–Crippen MR) is 125 cm³/mol.